The van der Waals surface area contributed by atoms with Crippen molar-refractivity contribution in [2.45, 2.75) is 44.8 Å². The molecule has 0 fully saturated rings. The maximum atomic E-state index is 11.8. The van der Waals surface area contributed by atoms with Crippen LogP contribution in [0, 0.1) is 0 Å². The normalized spacial score (nSPS) is 12.5. The zero-order valence-corrected chi connectivity index (χ0v) is 10.4. The van der Waals surface area contributed by atoms with E-state index in [1.807, 2.05) is 13.8 Å². The Morgan fingerprint density at radius 3 is 2.60 bits per heavy atom. The first-order valence-electron chi connectivity index (χ1n) is 5.56. The molecule has 0 spiro atoms. The Morgan fingerprint density at radius 2 is 2.00 bits per heavy atom. The maximum Gasteiger partial charge on any atom is 0.318 e. The van der Waals surface area contributed by atoms with Crippen molar-refractivity contribution in [2.24, 2.45) is 0 Å². The molecule has 0 aliphatic carbocycles. The zero-order chi connectivity index (χ0) is 11.5. The van der Waals surface area contributed by atoms with Gasteiger partial charge in [0.1, 0.15) is 0 Å². The standard InChI is InChI=1S/C11H21FO2S/c1-3-14-11(13)10(2)15-9-7-5-4-6-8-12/h10H,3-9H2,1-2H3. The Balaban J connectivity index is 3.30. The lowest BCUT2D eigenvalue weighted by molar-refractivity contribution is -0.142. The number of hydrogen-bond donors (Lipinski definition) is 0. The Bertz CT molecular complexity index is 165. The van der Waals surface area contributed by atoms with Crippen LogP contribution in [0.3, 0.4) is 0 Å². The molecule has 0 bridgehead atoms. The number of esters is 1. The molecule has 0 heterocycles. The summed E-state index contributed by atoms with van der Waals surface area (Å²) in [6.07, 6.45) is 3.71. The second kappa shape index (κ2) is 10.3. The summed E-state index contributed by atoms with van der Waals surface area (Å²) in [5.41, 5.74) is 0. The quantitative estimate of drug-likeness (QED) is 0.454. The number of carbonyl (C=O) groups excluding carboxylic acids is 1. The molecule has 1 atom stereocenters. The van der Waals surface area contributed by atoms with Crippen LogP contribution in [0.15, 0.2) is 0 Å². The zero-order valence-electron chi connectivity index (χ0n) is 9.63. The van der Waals surface area contributed by atoms with E-state index in [0.717, 1.165) is 25.0 Å². The molecule has 0 aliphatic rings. The Morgan fingerprint density at radius 1 is 1.33 bits per heavy atom. The van der Waals surface area contributed by atoms with Gasteiger partial charge in [0.2, 0.25) is 0 Å². The van der Waals surface area contributed by atoms with Gasteiger partial charge in [-0.2, -0.15) is 0 Å². The molecule has 90 valence electrons. The van der Waals surface area contributed by atoms with Gasteiger partial charge in [0.05, 0.1) is 18.5 Å². The number of ether oxygens (including phenoxy) is 1. The number of carbonyl (C=O) groups is 1. The average molecular weight is 236 g/mol. The van der Waals surface area contributed by atoms with E-state index in [1.165, 1.54) is 0 Å². The van der Waals surface area contributed by atoms with Crippen molar-refractivity contribution >= 4 is 17.7 Å². The SMILES string of the molecule is CCOC(=O)C(C)SCCCCCCF. The van der Waals surface area contributed by atoms with Gasteiger partial charge in [-0.1, -0.05) is 12.8 Å². The highest BCUT2D eigenvalue weighted by atomic mass is 32.2. The highest BCUT2D eigenvalue weighted by Crippen LogP contribution is 2.15. The van der Waals surface area contributed by atoms with Crippen LogP contribution in [0.5, 0.6) is 0 Å². The number of alkyl halides is 1. The van der Waals surface area contributed by atoms with Crippen molar-refractivity contribution in [1.82, 2.24) is 0 Å². The van der Waals surface area contributed by atoms with Gasteiger partial charge in [-0.05, 0) is 32.4 Å². The smallest absolute Gasteiger partial charge is 0.318 e. The van der Waals surface area contributed by atoms with Crippen molar-refractivity contribution in [2.75, 3.05) is 19.0 Å². The van der Waals surface area contributed by atoms with Crippen LogP contribution in [0.25, 0.3) is 0 Å². The van der Waals surface area contributed by atoms with Crippen LogP contribution in [-0.2, 0) is 9.53 Å². The van der Waals surface area contributed by atoms with E-state index in [2.05, 4.69) is 0 Å². The van der Waals surface area contributed by atoms with Crippen molar-refractivity contribution in [3.8, 4) is 0 Å². The van der Waals surface area contributed by atoms with Gasteiger partial charge >= 0.3 is 5.97 Å². The third-order valence-electron chi connectivity index (χ3n) is 2.01. The van der Waals surface area contributed by atoms with E-state index in [4.69, 9.17) is 4.74 Å². The molecular weight excluding hydrogens is 215 g/mol. The molecule has 0 amide bonds. The van der Waals surface area contributed by atoms with Crippen LogP contribution in [0.4, 0.5) is 4.39 Å². The van der Waals surface area contributed by atoms with Gasteiger partial charge in [0.25, 0.3) is 0 Å². The highest BCUT2D eigenvalue weighted by molar-refractivity contribution is 8.00. The van der Waals surface area contributed by atoms with Crippen LogP contribution in [0.1, 0.15) is 39.5 Å². The third kappa shape index (κ3) is 8.73. The predicted octanol–water partition coefficient (Wildman–Crippen LogP) is 3.20. The Hall–Kier alpha value is -0.250. The summed E-state index contributed by atoms with van der Waals surface area (Å²) in [6.45, 7) is 3.91. The lowest BCUT2D eigenvalue weighted by Gasteiger charge is -2.09. The van der Waals surface area contributed by atoms with E-state index in [0.29, 0.717) is 13.0 Å². The van der Waals surface area contributed by atoms with Crippen LogP contribution < -0.4 is 0 Å². The van der Waals surface area contributed by atoms with Gasteiger partial charge in [0, 0.05) is 0 Å². The maximum absolute atomic E-state index is 11.8. The van der Waals surface area contributed by atoms with Gasteiger partial charge in [-0.25, -0.2) is 0 Å². The third-order valence-corrected chi connectivity index (χ3v) is 3.23. The molecule has 0 N–H and O–H groups in total. The number of halogens is 1. The molecule has 0 radical (unpaired) electrons. The summed E-state index contributed by atoms with van der Waals surface area (Å²) in [5, 5.41) is -0.0777. The number of hydrogen-bond acceptors (Lipinski definition) is 3. The van der Waals surface area contributed by atoms with Crippen LogP contribution in [-0.4, -0.2) is 30.3 Å². The molecule has 0 aromatic rings. The number of rotatable bonds is 9. The van der Waals surface area contributed by atoms with Gasteiger partial charge in [-0.15, -0.1) is 11.8 Å². The fourth-order valence-electron chi connectivity index (χ4n) is 1.14. The lowest BCUT2D eigenvalue weighted by Crippen LogP contribution is -2.17. The molecule has 0 aromatic heterocycles. The van der Waals surface area contributed by atoms with Gasteiger partial charge < -0.3 is 4.74 Å². The van der Waals surface area contributed by atoms with E-state index in [1.54, 1.807) is 11.8 Å². The summed E-state index contributed by atoms with van der Waals surface area (Å²) in [7, 11) is 0. The minimum absolute atomic E-state index is 0.0777. The summed E-state index contributed by atoms with van der Waals surface area (Å²) >= 11 is 1.61. The van der Waals surface area contributed by atoms with Crippen molar-refractivity contribution < 1.29 is 13.9 Å². The summed E-state index contributed by atoms with van der Waals surface area (Å²) < 4.78 is 16.6. The molecule has 0 saturated heterocycles. The molecule has 15 heavy (non-hydrogen) atoms. The van der Waals surface area contributed by atoms with E-state index in [9.17, 15) is 9.18 Å². The minimum Gasteiger partial charge on any atom is -0.465 e. The van der Waals surface area contributed by atoms with Crippen molar-refractivity contribution in [3.05, 3.63) is 0 Å². The second-order valence-corrected chi connectivity index (χ2v) is 4.82. The largest absolute Gasteiger partial charge is 0.465 e. The summed E-state index contributed by atoms with van der Waals surface area (Å²) in [4.78, 5) is 11.2. The second-order valence-electron chi connectivity index (χ2n) is 3.37. The highest BCUT2D eigenvalue weighted by Gasteiger charge is 2.13. The molecule has 0 rings (SSSR count). The molecule has 0 saturated carbocycles. The van der Waals surface area contributed by atoms with Crippen molar-refractivity contribution in [3.63, 3.8) is 0 Å². The van der Waals surface area contributed by atoms with E-state index in [-0.39, 0.29) is 17.9 Å². The molecular formula is C11H21FO2S. The van der Waals surface area contributed by atoms with E-state index >= 15 is 0 Å². The fraction of sp³-hybridized carbons (Fsp3) is 0.909. The first-order chi connectivity index (χ1) is 7.22. The van der Waals surface area contributed by atoms with Crippen LogP contribution in [0.2, 0.25) is 0 Å². The average Bonchev–Trinajstić information content (AvgIpc) is 2.23. The van der Waals surface area contributed by atoms with Gasteiger partial charge in [-0.3, -0.25) is 9.18 Å². The molecule has 1 unspecified atom stereocenters. The Kier molecular flexibility index (Phi) is 10.1. The monoisotopic (exact) mass is 236 g/mol. The molecule has 2 nitrogen and oxygen atoms in total. The molecule has 0 aliphatic heterocycles. The van der Waals surface area contributed by atoms with Crippen LogP contribution >= 0.6 is 11.8 Å². The van der Waals surface area contributed by atoms with Crippen molar-refractivity contribution in [1.29, 1.82) is 0 Å². The van der Waals surface area contributed by atoms with E-state index < -0.39 is 0 Å². The first-order valence-corrected chi connectivity index (χ1v) is 6.61. The molecule has 0 aromatic carbocycles. The number of thioether (sulfide) groups is 1. The Labute approximate surface area is 96.0 Å². The first kappa shape index (κ1) is 14.8. The van der Waals surface area contributed by atoms with Gasteiger partial charge in [0.15, 0.2) is 0 Å². The predicted molar refractivity (Wildman–Crippen MR) is 63.0 cm³/mol. The summed E-state index contributed by atoms with van der Waals surface area (Å²) in [5.74, 6) is 0.818. The molecule has 4 heteroatoms. The number of unbranched alkanes of at least 4 members (excludes halogenated alkanes) is 3. The summed E-state index contributed by atoms with van der Waals surface area (Å²) in [6, 6.07) is 0. The lowest BCUT2D eigenvalue weighted by atomic mass is 10.2. The fourth-order valence-corrected chi connectivity index (χ4v) is 2.07. The topological polar surface area (TPSA) is 26.3 Å². The minimum atomic E-state index is -0.216.